The van der Waals surface area contributed by atoms with Crippen molar-refractivity contribution in [2.45, 2.75) is 45.6 Å². The van der Waals surface area contributed by atoms with E-state index in [-0.39, 0.29) is 35.7 Å². The van der Waals surface area contributed by atoms with Crippen LogP contribution in [0.1, 0.15) is 37.8 Å². The summed E-state index contributed by atoms with van der Waals surface area (Å²) in [5.41, 5.74) is -0.0436. The minimum absolute atomic E-state index is 0.0501. The lowest BCUT2D eigenvalue weighted by Crippen LogP contribution is -2.31. The lowest BCUT2D eigenvalue weighted by Gasteiger charge is -2.28. The maximum absolute atomic E-state index is 14.4. The summed E-state index contributed by atoms with van der Waals surface area (Å²) >= 11 is 0. The summed E-state index contributed by atoms with van der Waals surface area (Å²) in [6.45, 7) is 3.30. The number of rotatable bonds is 7. The number of anilines is 1. The summed E-state index contributed by atoms with van der Waals surface area (Å²) in [4.78, 5) is 23.9. The van der Waals surface area contributed by atoms with Gasteiger partial charge in [-0.05, 0) is 37.3 Å². The average molecular weight is 339 g/mol. The second-order valence-corrected chi connectivity index (χ2v) is 5.64. The number of aliphatic carboxylic acids is 2. The fourth-order valence-corrected chi connectivity index (χ4v) is 2.72. The molecule has 1 fully saturated rings. The fraction of sp³-hybridized carbons (Fsp3) is 0.412. The highest BCUT2D eigenvalue weighted by Crippen LogP contribution is 2.39. The molecule has 2 N–H and O–H groups in total. The van der Waals surface area contributed by atoms with Crippen LogP contribution in [0.4, 0.5) is 14.5 Å². The summed E-state index contributed by atoms with van der Waals surface area (Å²) in [6, 6.07) is 1.19. The topological polar surface area (TPSA) is 77.8 Å². The number of aryl methyl sites for hydroxylation is 1. The van der Waals surface area contributed by atoms with Crippen molar-refractivity contribution >= 4 is 17.6 Å². The Hall–Kier alpha value is -2.44. The van der Waals surface area contributed by atoms with Crippen LogP contribution in [0, 0.1) is 11.6 Å². The number of carbonyl (C=O) groups is 2. The molecule has 0 bridgehead atoms. The Morgan fingerprint density at radius 1 is 1.21 bits per heavy atom. The summed E-state index contributed by atoms with van der Waals surface area (Å²) in [5.74, 6) is -4.77. The van der Waals surface area contributed by atoms with Crippen molar-refractivity contribution in [3.63, 3.8) is 0 Å². The van der Waals surface area contributed by atoms with Gasteiger partial charge in [0.25, 0.3) is 0 Å². The number of carboxylic acid groups (broad SMARTS) is 2. The van der Waals surface area contributed by atoms with Crippen LogP contribution in [0.3, 0.4) is 0 Å². The third-order valence-corrected chi connectivity index (χ3v) is 4.00. The fourth-order valence-electron chi connectivity index (χ4n) is 2.72. The van der Waals surface area contributed by atoms with Gasteiger partial charge in [0.15, 0.2) is 11.6 Å². The van der Waals surface area contributed by atoms with E-state index in [1.54, 1.807) is 13.8 Å². The number of hydrogen-bond donors (Lipinski definition) is 2. The molecule has 1 saturated carbocycles. The number of hydrogen-bond acceptors (Lipinski definition) is 3. The predicted octanol–water partition coefficient (Wildman–Crippen LogP) is 3.11. The van der Waals surface area contributed by atoms with Crippen LogP contribution >= 0.6 is 0 Å². The molecule has 1 aromatic rings. The first-order chi connectivity index (χ1) is 11.3. The highest BCUT2D eigenvalue weighted by atomic mass is 19.2. The second-order valence-electron chi connectivity index (χ2n) is 5.64. The van der Waals surface area contributed by atoms with Gasteiger partial charge in [0, 0.05) is 17.3 Å². The lowest BCUT2D eigenvalue weighted by molar-refractivity contribution is -0.135. The molecular weight excluding hydrogens is 320 g/mol. The molecule has 7 heteroatoms. The van der Waals surface area contributed by atoms with Crippen LogP contribution in [-0.2, 0) is 22.4 Å². The lowest BCUT2D eigenvalue weighted by atomic mass is 10.0. The molecule has 1 aliphatic rings. The first kappa shape index (κ1) is 17.9. The average Bonchev–Trinajstić information content (AvgIpc) is 3.34. The smallest absolute Gasteiger partial charge is 0.352 e. The van der Waals surface area contributed by atoms with Gasteiger partial charge in [-0.2, -0.15) is 0 Å². The zero-order valence-corrected chi connectivity index (χ0v) is 13.5. The minimum Gasteiger partial charge on any atom is -0.478 e. The minimum atomic E-state index is -1.42. The van der Waals surface area contributed by atoms with Gasteiger partial charge in [-0.25, -0.2) is 18.4 Å². The molecule has 0 heterocycles. The first-order valence-electron chi connectivity index (χ1n) is 7.78. The van der Waals surface area contributed by atoms with Gasteiger partial charge in [-0.3, -0.25) is 0 Å². The molecule has 0 amide bonds. The van der Waals surface area contributed by atoms with Crippen LogP contribution in [-0.4, -0.2) is 28.2 Å². The largest absolute Gasteiger partial charge is 0.478 e. The van der Waals surface area contributed by atoms with E-state index < -0.39 is 29.3 Å². The monoisotopic (exact) mass is 339 g/mol. The molecule has 0 aliphatic heterocycles. The Bertz CT molecular complexity index is 711. The molecular formula is C17H19F2NO4. The molecule has 0 atom stereocenters. The molecule has 0 saturated heterocycles. The van der Waals surface area contributed by atoms with Crippen molar-refractivity contribution in [1.29, 1.82) is 0 Å². The molecule has 0 radical (unpaired) electrons. The van der Waals surface area contributed by atoms with Crippen LogP contribution in [0.5, 0.6) is 0 Å². The molecule has 0 spiro atoms. The molecule has 5 nitrogen and oxygen atoms in total. The Balaban J connectivity index is 2.70. The van der Waals surface area contributed by atoms with Crippen molar-refractivity contribution in [2.24, 2.45) is 0 Å². The quantitative estimate of drug-likeness (QED) is 0.747. The highest BCUT2D eigenvalue weighted by molar-refractivity contribution is 5.98. The summed E-state index contributed by atoms with van der Waals surface area (Å²) in [5, 5.41) is 18.4. The molecule has 1 aliphatic carbocycles. The van der Waals surface area contributed by atoms with Crippen molar-refractivity contribution in [1.82, 2.24) is 0 Å². The van der Waals surface area contributed by atoms with Crippen molar-refractivity contribution in [3.05, 3.63) is 40.6 Å². The zero-order chi connectivity index (χ0) is 18.0. The highest BCUT2D eigenvalue weighted by Gasteiger charge is 2.36. The van der Waals surface area contributed by atoms with E-state index in [0.29, 0.717) is 18.9 Å². The van der Waals surface area contributed by atoms with E-state index in [0.717, 1.165) is 0 Å². The van der Waals surface area contributed by atoms with Crippen LogP contribution in [0.25, 0.3) is 0 Å². The van der Waals surface area contributed by atoms with Crippen molar-refractivity contribution in [3.8, 4) is 0 Å². The Labute approximate surface area is 138 Å². The van der Waals surface area contributed by atoms with Crippen LogP contribution in [0.2, 0.25) is 0 Å². The maximum atomic E-state index is 14.4. The van der Waals surface area contributed by atoms with Crippen LogP contribution in [0.15, 0.2) is 17.8 Å². The van der Waals surface area contributed by atoms with Crippen molar-refractivity contribution in [2.75, 3.05) is 4.90 Å². The molecule has 0 unspecified atom stereocenters. The molecule has 1 aromatic carbocycles. The van der Waals surface area contributed by atoms with Crippen molar-refractivity contribution < 1.29 is 28.6 Å². The normalized spacial score (nSPS) is 14.6. The number of nitrogens with zero attached hydrogens (tertiary/aromatic N) is 1. The first-order valence-corrected chi connectivity index (χ1v) is 7.78. The van der Waals surface area contributed by atoms with Gasteiger partial charge in [0.2, 0.25) is 0 Å². The Morgan fingerprint density at radius 3 is 2.25 bits per heavy atom. The zero-order valence-electron chi connectivity index (χ0n) is 13.5. The molecule has 130 valence electrons. The third-order valence-electron chi connectivity index (χ3n) is 4.00. The molecule has 24 heavy (non-hydrogen) atoms. The maximum Gasteiger partial charge on any atom is 0.352 e. The van der Waals surface area contributed by atoms with E-state index in [9.17, 15) is 23.5 Å². The van der Waals surface area contributed by atoms with Gasteiger partial charge in [-0.15, -0.1) is 0 Å². The van der Waals surface area contributed by atoms with Crippen LogP contribution < -0.4 is 4.90 Å². The Morgan fingerprint density at radius 2 is 1.83 bits per heavy atom. The summed E-state index contributed by atoms with van der Waals surface area (Å²) in [7, 11) is 0. The third kappa shape index (κ3) is 3.39. The van der Waals surface area contributed by atoms with E-state index in [2.05, 4.69) is 0 Å². The van der Waals surface area contributed by atoms with Gasteiger partial charge < -0.3 is 15.1 Å². The summed E-state index contributed by atoms with van der Waals surface area (Å²) in [6.07, 6.45) is 2.31. The molecule has 0 aromatic heterocycles. The van der Waals surface area contributed by atoms with E-state index in [1.807, 2.05) is 0 Å². The van der Waals surface area contributed by atoms with E-state index in [1.165, 1.54) is 11.0 Å². The van der Waals surface area contributed by atoms with Gasteiger partial charge >= 0.3 is 11.9 Å². The predicted molar refractivity (Wildman–Crippen MR) is 84.0 cm³/mol. The second kappa shape index (κ2) is 6.98. The molecule has 2 rings (SSSR count). The standard InChI is InChI=1S/C17H19F2NO4/c1-3-9-7-12(11(4-2)16(19)15(9)18)20(10-5-6-10)13(17(23)24)8-14(21)22/h7-8,10H,3-6H2,1-2H3,(H,21,22)(H,23,24)/b13-8+. The SMILES string of the molecule is CCc1cc(N(/C(=C/C(=O)O)C(=O)O)C2CC2)c(CC)c(F)c1F. The van der Waals surface area contributed by atoms with Gasteiger partial charge in [0.1, 0.15) is 5.70 Å². The summed E-state index contributed by atoms with van der Waals surface area (Å²) < 4.78 is 28.5. The Kier molecular flexibility index (Phi) is 5.21. The van der Waals surface area contributed by atoms with E-state index >= 15 is 0 Å². The number of halogens is 2. The van der Waals surface area contributed by atoms with Gasteiger partial charge in [0.05, 0.1) is 6.08 Å². The number of benzene rings is 1. The van der Waals surface area contributed by atoms with E-state index in [4.69, 9.17) is 5.11 Å². The number of carboxylic acids is 2. The van der Waals surface area contributed by atoms with Gasteiger partial charge in [-0.1, -0.05) is 13.8 Å².